The van der Waals surface area contributed by atoms with Gasteiger partial charge in [0, 0.05) is 51.5 Å². The molecule has 49 nitrogen and oxygen atoms in total. The zero-order valence-corrected chi connectivity index (χ0v) is 79.7. The number of phenolic OH excluding ortho intramolecular Hbond substituents is 2. The molecule has 0 saturated carbocycles. The number of carbonyl (C=O) groups is 22. The van der Waals surface area contributed by atoms with Crippen molar-refractivity contribution in [3.63, 3.8) is 0 Å². The molecule has 0 aromatic heterocycles. The molecule has 1 heterocycles. The molecule has 4 rings (SSSR count). The molecule has 0 bridgehead atoms. The van der Waals surface area contributed by atoms with Gasteiger partial charge in [0.05, 0.1) is 31.2 Å². The number of aliphatic hydroxyl groups is 2. The van der Waals surface area contributed by atoms with Crippen molar-refractivity contribution in [2.24, 2.45) is 40.9 Å². The number of aliphatic hydroxyl groups excluding tert-OH is 2. The molecule has 1 fully saturated rings. The SMILES string of the molecule is CC(C)C[C@H](NC(=O)[C@H](Cc1ccccc1)NC(=O)[C@@H](N)CC(C)C)C(=O)N[C@H](C(=O)NCC(=O)N[C@H](C(=O)N1CCC[C@H]1C(=O)N[C@@H](CC(=O)O)C(=O)N[C@@H](CCC(=O)O)C(=O)N[C@@H](Cc1ccc(O)cc1)C(=O)N[C@H](C(=O)N[C@@H](CCC(=O)O)C(=O)N[C@@H](CCC(N)=O)C(=O)N[C@H](C(=O)N[C@@H](C)C(=O)N[C@@H](CCC(N)=O)C(=O)N[C@@H](Cc1ccc(O)cc1)C(=O)O)C(C)C)C(C)C)[C@@H](C)O)[C@@H](C)O. The summed E-state index contributed by atoms with van der Waals surface area (Å²) in [5.74, 6) is -28.7. The van der Waals surface area contributed by atoms with Gasteiger partial charge in [-0.3, -0.25) is 101 Å². The number of carbonyl (C=O) groups excluding carboxylic acids is 18. The van der Waals surface area contributed by atoms with E-state index in [1.54, 1.807) is 44.2 Å². The number of phenols is 2. The monoisotopic (exact) mass is 1970 g/mol. The first kappa shape index (κ1) is 118. The van der Waals surface area contributed by atoms with Crippen LogP contribution in [-0.4, -0.2) is 298 Å². The highest BCUT2D eigenvalue weighted by molar-refractivity contribution is 6.02. The number of likely N-dealkylation sites (tertiary alicyclic amines) is 1. The van der Waals surface area contributed by atoms with Gasteiger partial charge in [0.2, 0.25) is 106 Å². The third-order valence-electron chi connectivity index (χ3n) is 22.1. The molecular formula is C91H133N19O30. The number of amides is 18. The van der Waals surface area contributed by atoms with Crippen LogP contribution in [0.3, 0.4) is 0 Å². The van der Waals surface area contributed by atoms with E-state index in [0.29, 0.717) is 17.5 Å². The van der Waals surface area contributed by atoms with Gasteiger partial charge in [-0.05, 0) is 137 Å². The third kappa shape index (κ3) is 41.0. The number of benzene rings is 3. The van der Waals surface area contributed by atoms with Gasteiger partial charge >= 0.3 is 23.9 Å². The normalized spacial score (nSPS) is 16.0. The Hall–Kier alpha value is -14.5. The second-order valence-corrected chi connectivity index (χ2v) is 35.8. The molecule has 0 spiro atoms. The van der Waals surface area contributed by atoms with Gasteiger partial charge in [0.15, 0.2) is 0 Å². The number of carboxylic acid groups (broad SMARTS) is 4. The summed E-state index contributed by atoms with van der Waals surface area (Å²) in [6, 6.07) is -7.95. The highest BCUT2D eigenvalue weighted by Crippen LogP contribution is 2.23. The number of aromatic hydroxyl groups is 2. The lowest BCUT2D eigenvalue weighted by Gasteiger charge is -2.31. The maximum absolute atomic E-state index is 14.8. The van der Waals surface area contributed by atoms with Gasteiger partial charge in [0.1, 0.15) is 102 Å². The van der Waals surface area contributed by atoms with Gasteiger partial charge in [-0.1, -0.05) is 110 Å². The van der Waals surface area contributed by atoms with Crippen LogP contribution in [0, 0.1) is 23.7 Å². The topological polar surface area (TPSA) is 799 Å². The summed E-state index contributed by atoms with van der Waals surface area (Å²) in [5, 5.41) is 117. The molecule has 18 atom stereocenters. The lowest BCUT2D eigenvalue weighted by atomic mass is 9.99. The molecule has 0 unspecified atom stereocenters. The molecular weight excluding hydrogens is 1840 g/mol. The standard InChI is InChI=1S/C91H133N19O30/c1-43(2)36-55(92)77(125)101-61(38-50-16-13-12-14-17-50)82(130)102-60(37-44(3)4)84(132)109-74(48(10)111)87(135)95-42-68(117)106-75(49(11)112)90(138)110-35-15-18-65(110)86(134)104-63(41-71(122)123)83(131)99-58(29-33-69(118)119)79(127)103-62(39-51-19-23-53(113)24-20-51)85(133)108-73(46(7)8)89(137)100-59(30-34-70(120)121)78(126)98-57(28-32-67(94)116)81(129)107-72(45(5)6)88(136)96-47(9)76(124)97-56(27-31-66(93)115)80(128)105-64(91(139)140)40-52-21-25-54(114)26-22-52/h12-14,16-17,19-26,43-49,55-65,72-75,111-114H,15,18,27-42,92H2,1-11H3,(H2,93,115)(H2,94,116)(H,95,135)(H,96,136)(H,97,124)(H,98,126)(H,99,131)(H,100,137)(H,101,125)(H,102,130)(H,103,127)(H,104,134)(H,105,128)(H,106,117)(H,107,129)(H,108,133)(H,109,132)(H,118,119)(H,120,121)(H,122,123)(H,139,140)/t47-,48+,49+,55-,56-,57-,58-,59-,60-,61-,62-,63-,64-,65-,72-,73-,74-,75-/m0/s1. The Kier molecular flexibility index (Phi) is 48.5. The fraction of sp³-hybridized carbons (Fsp3) is 0.560. The molecule has 140 heavy (non-hydrogen) atoms. The number of nitrogens with two attached hydrogens (primary N) is 3. The number of hydrogen-bond acceptors (Lipinski definition) is 27. The number of carboxylic acids is 4. The van der Waals surface area contributed by atoms with Crippen LogP contribution in [0.25, 0.3) is 0 Å². The maximum atomic E-state index is 14.8. The van der Waals surface area contributed by atoms with E-state index in [9.17, 15) is 146 Å². The van der Waals surface area contributed by atoms with Crippen LogP contribution >= 0.6 is 0 Å². The van der Waals surface area contributed by atoms with Crippen LogP contribution in [-0.2, 0) is 125 Å². The Balaban J connectivity index is 1.55. The molecule has 3 aromatic rings. The van der Waals surface area contributed by atoms with Gasteiger partial charge < -0.3 is 143 Å². The van der Waals surface area contributed by atoms with E-state index in [2.05, 4.69) is 79.8 Å². The summed E-state index contributed by atoms with van der Waals surface area (Å²) < 4.78 is 0. The summed E-state index contributed by atoms with van der Waals surface area (Å²) in [4.78, 5) is 300. The van der Waals surface area contributed by atoms with Crippen molar-refractivity contribution in [3.8, 4) is 11.5 Å². The number of aliphatic carboxylic acids is 4. The van der Waals surface area contributed by atoms with Crippen molar-refractivity contribution < 1.29 is 146 Å². The van der Waals surface area contributed by atoms with Crippen LogP contribution in [0.1, 0.15) is 176 Å². The van der Waals surface area contributed by atoms with E-state index < -0.39 is 322 Å². The van der Waals surface area contributed by atoms with E-state index in [1.807, 2.05) is 13.8 Å². The van der Waals surface area contributed by atoms with Crippen molar-refractivity contribution in [2.75, 3.05) is 13.1 Å². The van der Waals surface area contributed by atoms with Crippen LogP contribution in [0.15, 0.2) is 78.9 Å². The minimum Gasteiger partial charge on any atom is -0.508 e. The molecule has 1 saturated heterocycles. The molecule has 772 valence electrons. The fourth-order valence-electron chi connectivity index (χ4n) is 14.5. The summed E-state index contributed by atoms with van der Waals surface area (Å²) in [6.07, 6.45) is -10.9. The second kappa shape index (κ2) is 57.6. The van der Waals surface area contributed by atoms with E-state index >= 15 is 0 Å². The number of hydrogen-bond donors (Lipinski definition) is 26. The zero-order valence-electron chi connectivity index (χ0n) is 79.7. The summed E-state index contributed by atoms with van der Waals surface area (Å²) in [7, 11) is 0. The minimum atomic E-state index is -2.17. The van der Waals surface area contributed by atoms with Crippen LogP contribution in [0.2, 0.25) is 0 Å². The molecule has 3 aromatic carbocycles. The lowest BCUT2D eigenvalue weighted by Crippen LogP contribution is -2.62. The largest absolute Gasteiger partial charge is 0.508 e. The summed E-state index contributed by atoms with van der Waals surface area (Å²) in [6.45, 7) is 15.0. The fourth-order valence-corrected chi connectivity index (χ4v) is 14.5. The Labute approximate surface area is 806 Å². The zero-order chi connectivity index (χ0) is 105. The molecule has 0 radical (unpaired) electrons. The van der Waals surface area contributed by atoms with Crippen molar-refractivity contribution >= 4 is 130 Å². The van der Waals surface area contributed by atoms with E-state index in [-0.39, 0.29) is 67.5 Å². The number of rotatable bonds is 60. The van der Waals surface area contributed by atoms with Crippen molar-refractivity contribution in [2.45, 2.75) is 288 Å². The van der Waals surface area contributed by atoms with Crippen LogP contribution in [0.5, 0.6) is 11.5 Å². The average molecular weight is 1970 g/mol. The summed E-state index contributed by atoms with van der Waals surface area (Å²) in [5.41, 5.74) is 18.1. The lowest BCUT2D eigenvalue weighted by molar-refractivity contribution is -0.145. The quantitative estimate of drug-likeness (QED) is 0.0250. The van der Waals surface area contributed by atoms with Gasteiger partial charge in [-0.15, -0.1) is 0 Å². The van der Waals surface area contributed by atoms with Crippen LogP contribution in [0.4, 0.5) is 0 Å². The molecule has 29 N–H and O–H groups in total. The Morgan fingerprint density at radius 3 is 1.16 bits per heavy atom. The van der Waals surface area contributed by atoms with E-state index in [1.165, 1.54) is 76.2 Å². The van der Waals surface area contributed by atoms with E-state index in [0.717, 1.165) is 25.7 Å². The highest BCUT2D eigenvalue weighted by atomic mass is 16.4. The van der Waals surface area contributed by atoms with Gasteiger partial charge in [-0.2, -0.15) is 0 Å². The van der Waals surface area contributed by atoms with Crippen molar-refractivity contribution in [3.05, 3.63) is 95.6 Å². The molecule has 0 aliphatic carbocycles. The molecule has 1 aliphatic heterocycles. The molecule has 1 aliphatic rings. The highest BCUT2D eigenvalue weighted by Gasteiger charge is 2.44. The first-order chi connectivity index (χ1) is 65.5. The number of nitrogens with one attached hydrogen (secondary N) is 15. The van der Waals surface area contributed by atoms with Gasteiger partial charge in [0.25, 0.3) is 0 Å². The number of primary amides is 2. The van der Waals surface area contributed by atoms with Gasteiger partial charge in [-0.25, -0.2) is 4.79 Å². The third-order valence-corrected chi connectivity index (χ3v) is 22.1. The predicted molar refractivity (Wildman–Crippen MR) is 495 cm³/mol. The predicted octanol–water partition coefficient (Wildman–Crippen LogP) is -5.65. The van der Waals surface area contributed by atoms with Crippen molar-refractivity contribution in [1.29, 1.82) is 0 Å². The Morgan fingerprint density at radius 1 is 0.364 bits per heavy atom. The molecule has 18 amide bonds. The number of nitrogens with zero attached hydrogens (tertiary/aromatic N) is 1. The Bertz CT molecular complexity index is 4850. The smallest absolute Gasteiger partial charge is 0.326 e. The van der Waals surface area contributed by atoms with Crippen LogP contribution < -0.4 is 97.0 Å². The van der Waals surface area contributed by atoms with E-state index in [4.69, 9.17) is 17.2 Å². The maximum Gasteiger partial charge on any atom is 0.326 e. The molecule has 49 heteroatoms. The first-order valence-electron chi connectivity index (χ1n) is 45.5. The first-order valence-corrected chi connectivity index (χ1v) is 45.5. The Morgan fingerprint density at radius 2 is 0.729 bits per heavy atom. The average Bonchev–Trinajstić information content (AvgIpc) is 1.67. The summed E-state index contributed by atoms with van der Waals surface area (Å²) >= 11 is 0. The van der Waals surface area contributed by atoms with Crippen molar-refractivity contribution in [1.82, 2.24) is 84.7 Å². The minimum absolute atomic E-state index is 0.0150. The second-order valence-electron chi connectivity index (χ2n) is 35.8.